The molecule has 0 radical (unpaired) electrons. The number of amides is 1. The van der Waals surface area contributed by atoms with Gasteiger partial charge in [0.25, 0.3) is 0 Å². The molecule has 0 aromatic heterocycles. The Hall–Kier alpha value is -0.570. The highest BCUT2D eigenvalue weighted by Gasteiger charge is 2.35. The van der Waals surface area contributed by atoms with Gasteiger partial charge < -0.3 is 11.1 Å². The molecule has 3 atom stereocenters. The van der Waals surface area contributed by atoms with Crippen LogP contribution in [0.1, 0.15) is 32.1 Å². The predicted molar refractivity (Wildman–Crippen MR) is 46.5 cm³/mol. The van der Waals surface area contributed by atoms with E-state index in [1.165, 1.54) is 6.42 Å². The molecule has 2 fully saturated rings. The molecule has 3 nitrogen and oxygen atoms in total. The molecule has 3 N–H and O–H groups in total. The molecule has 1 aliphatic carbocycles. The van der Waals surface area contributed by atoms with Gasteiger partial charge in [0, 0.05) is 18.5 Å². The van der Waals surface area contributed by atoms with Gasteiger partial charge in [-0.1, -0.05) is 0 Å². The molecule has 68 valence electrons. The summed E-state index contributed by atoms with van der Waals surface area (Å²) in [5.41, 5.74) is 5.98. The fraction of sp³-hybridized carbons (Fsp3) is 0.889. The molecular formula is C9H16N2O. The quantitative estimate of drug-likeness (QED) is 0.550. The van der Waals surface area contributed by atoms with Gasteiger partial charge in [0.2, 0.25) is 5.91 Å². The minimum absolute atomic E-state index is 0.213. The van der Waals surface area contributed by atoms with Gasteiger partial charge in [-0.3, -0.25) is 4.79 Å². The smallest absolute Gasteiger partial charge is 0.220 e. The van der Waals surface area contributed by atoms with Crippen LogP contribution >= 0.6 is 0 Å². The fourth-order valence-electron chi connectivity index (χ4n) is 2.47. The number of hydrogen-bond donors (Lipinski definition) is 2. The Bertz CT molecular complexity index is 193. The highest BCUT2D eigenvalue weighted by Crippen LogP contribution is 2.29. The second kappa shape index (κ2) is 3.05. The summed E-state index contributed by atoms with van der Waals surface area (Å²) in [5, 5.41) is 3.03. The lowest BCUT2D eigenvalue weighted by Crippen LogP contribution is -2.53. The lowest BCUT2D eigenvalue weighted by molar-refractivity contribution is -0.125. The Balaban J connectivity index is 2.04. The number of carbonyl (C=O) groups is 1. The van der Waals surface area contributed by atoms with E-state index in [9.17, 15) is 4.79 Å². The minimum Gasteiger partial charge on any atom is -0.353 e. The number of nitrogens with two attached hydrogens (primary N) is 1. The van der Waals surface area contributed by atoms with Crippen molar-refractivity contribution in [1.82, 2.24) is 5.32 Å². The Morgan fingerprint density at radius 1 is 1.33 bits per heavy atom. The number of fused-ring (bicyclic) bond motifs is 1. The van der Waals surface area contributed by atoms with Crippen LogP contribution in [0.5, 0.6) is 0 Å². The molecule has 1 heterocycles. The third kappa shape index (κ3) is 1.33. The molecule has 0 aromatic rings. The molecular weight excluding hydrogens is 152 g/mol. The molecule has 12 heavy (non-hydrogen) atoms. The van der Waals surface area contributed by atoms with Crippen LogP contribution in [-0.2, 0) is 4.79 Å². The van der Waals surface area contributed by atoms with Crippen molar-refractivity contribution in [2.75, 3.05) is 0 Å². The Morgan fingerprint density at radius 3 is 3.00 bits per heavy atom. The van der Waals surface area contributed by atoms with Crippen molar-refractivity contribution in [2.24, 2.45) is 11.7 Å². The van der Waals surface area contributed by atoms with E-state index in [1.807, 2.05) is 0 Å². The van der Waals surface area contributed by atoms with Crippen molar-refractivity contribution in [1.29, 1.82) is 0 Å². The molecule has 0 spiro atoms. The molecule has 1 aliphatic heterocycles. The maximum absolute atomic E-state index is 11.1. The summed E-state index contributed by atoms with van der Waals surface area (Å²) in [4.78, 5) is 11.1. The van der Waals surface area contributed by atoms with E-state index in [4.69, 9.17) is 5.73 Å². The van der Waals surface area contributed by atoms with E-state index in [0.717, 1.165) is 19.3 Å². The highest BCUT2D eigenvalue weighted by atomic mass is 16.1. The van der Waals surface area contributed by atoms with Gasteiger partial charge in [-0.2, -0.15) is 0 Å². The van der Waals surface area contributed by atoms with Crippen LogP contribution in [0.4, 0.5) is 0 Å². The first-order valence-corrected chi connectivity index (χ1v) is 4.82. The minimum atomic E-state index is 0.213. The Morgan fingerprint density at radius 2 is 2.17 bits per heavy atom. The number of rotatable bonds is 0. The third-order valence-corrected chi connectivity index (χ3v) is 3.17. The van der Waals surface area contributed by atoms with Crippen molar-refractivity contribution in [2.45, 2.75) is 44.2 Å². The van der Waals surface area contributed by atoms with Crippen LogP contribution in [0, 0.1) is 5.92 Å². The fourth-order valence-corrected chi connectivity index (χ4v) is 2.47. The SMILES string of the molecule is N[C@H]1CCC[C@H]2NC(=O)CC[C@@H]12. The van der Waals surface area contributed by atoms with Crippen LogP contribution in [0.25, 0.3) is 0 Å². The number of carbonyl (C=O) groups excluding carboxylic acids is 1. The van der Waals surface area contributed by atoms with Crippen molar-refractivity contribution in [3.63, 3.8) is 0 Å². The molecule has 0 unspecified atom stereocenters. The van der Waals surface area contributed by atoms with Crippen LogP contribution in [0.15, 0.2) is 0 Å². The molecule has 0 bridgehead atoms. The Kier molecular flexibility index (Phi) is 2.05. The number of piperidine rings is 1. The van der Waals surface area contributed by atoms with Gasteiger partial charge in [0.15, 0.2) is 0 Å². The lowest BCUT2D eigenvalue weighted by atomic mass is 9.76. The van der Waals surface area contributed by atoms with Gasteiger partial charge >= 0.3 is 0 Å². The second-order valence-electron chi connectivity index (χ2n) is 3.97. The summed E-state index contributed by atoms with van der Waals surface area (Å²) in [6.07, 6.45) is 5.11. The molecule has 2 rings (SSSR count). The Labute approximate surface area is 72.7 Å². The van der Waals surface area contributed by atoms with E-state index in [1.54, 1.807) is 0 Å². The van der Waals surface area contributed by atoms with E-state index in [2.05, 4.69) is 5.32 Å². The molecule has 3 heteroatoms. The van der Waals surface area contributed by atoms with Gasteiger partial charge in [-0.05, 0) is 31.6 Å². The normalized spacial score (nSPS) is 41.8. The molecule has 1 saturated heterocycles. The van der Waals surface area contributed by atoms with Gasteiger partial charge in [-0.25, -0.2) is 0 Å². The number of hydrogen-bond acceptors (Lipinski definition) is 2. The van der Waals surface area contributed by atoms with E-state index >= 15 is 0 Å². The monoisotopic (exact) mass is 168 g/mol. The van der Waals surface area contributed by atoms with E-state index < -0.39 is 0 Å². The summed E-state index contributed by atoms with van der Waals surface area (Å²) in [6.45, 7) is 0. The zero-order valence-electron chi connectivity index (χ0n) is 7.25. The van der Waals surface area contributed by atoms with Crippen LogP contribution < -0.4 is 11.1 Å². The first-order chi connectivity index (χ1) is 5.77. The zero-order chi connectivity index (χ0) is 8.55. The second-order valence-corrected chi connectivity index (χ2v) is 3.97. The van der Waals surface area contributed by atoms with Crippen LogP contribution in [0.2, 0.25) is 0 Å². The van der Waals surface area contributed by atoms with E-state index in [0.29, 0.717) is 24.4 Å². The highest BCUT2D eigenvalue weighted by molar-refractivity contribution is 5.77. The largest absolute Gasteiger partial charge is 0.353 e. The summed E-state index contributed by atoms with van der Waals surface area (Å²) in [6, 6.07) is 0.708. The van der Waals surface area contributed by atoms with Crippen molar-refractivity contribution in [3.05, 3.63) is 0 Å². The maximum atomic E-state index is 11.1. The average Bonchev–Trinajstić information content (AvgIpc) is 2.04. The standard InChI is InChI=1S/C9H16N2O/c10-7-2-1-3-8-6(7)4-5-9(12)11-8/h6-8H,1-5,10H2,(H,11,12)/t6-,7-,8+/m0/s1. The van der Waals surface area contributed by atoms with Crippen molar-refractivity contribution < 1.29 is 4.79 Å². The predicted octanol–water partition coefficient (Wildman–Crippen LogP) is 0.392. The van der Waals surface area contributed by atoms with E-state index in [-0.39, 0.29) is 5.91 Å². The van der Waals surface area contributed by atoms with Crippen LogP contribution in [-0.4, -0.2) is 18.0 Å². The van der Waals surface area contributed by atoms with Gasteiger partial charge in [0.05, 0.1) is 0 Å². The van der Waals surface area contributed by atoms with Crippen molar-refractivity contribution in [3.8, 4) is 0 Å². The summed E-state index contributed by atoms with van der Waals surface area (Å²) in [5.74, 6) is 0.766. The maximum Gasteiger partial charge on any atom is 0.220 e. The van der Waals surface area contributed by atoms with Crippen LogP contribution in [0.3, 0.4) is 0 Å². The van der Waals surface area contributed by atoms with Gasteiger partial charge in [0.1, 0.15) is 0 Å². The number of nitrogens with one attached hydrogen (secondary N) is 1. The molecule has 0 aromatic carbocycles. The summed E-state index contributed by atoms with van der Waals surface area (Å²) in [7, 11) is 0. The first-order valence-electron chi connectivity index (χ1n) is 4.82. The first kappa shape index (κ1) is 8.05. The molecule has 1 amide bonds. The topological polar surface area (TPSA) is 55.1 Å². The molecule has 1 saturated carbocycles. The van der Waals surface area contributed by atoms with Gasteiger partial charge in [-0.15, -0.1) is 0 Å². The molecule has 2 aliphatic rings. The summed E-state index contributed by atoms with van der Waals surface area (Å²) >= 11 is 0. The third-order valence-electron chi connectivity index (χ3n) is 3.17. The summed E-state index contributed by atoms with van der Waals surface area (Å²) < 4.78 is 0. The lowest BCUT2D eigenvalue weighted by Gasteiger charge is -2.39. The zero-order valence-corrected chi connectivity index (χ0v) is 7.25. The van der Waals surface area contributed by atoms with Crippen molar-refractivity contribution >= 4 is 5.91 Å². The average molecular weight is 168 g/mol.